The van der Waals surface area contributed by atoms with E-state index in [9.17, 15) is 8.42 Å². The summed E-state index contributed by atoms with van der Waals surface area (Å²) in [5, 5.41) is 11.5. The summed E-state index contributed by atoms with van der Waals surface area (Å²) in [6, 6.07) is 8.91. The van der Waals surface area contributed by atoms with Gasteiger partial charge in [0.2, 0.25) is 10.0 Å². The average Bonchev–Trinajstić information content (AvgIpc) is 3.22. The Hall–Kier alpha value is -1.76. The van der Waals surface area contributed by atoms with Crippen LogP contribution in [0.15, 0.2) is 35.5 Å². The third-order valence-electron chi connectivity index (χ3n) is 3.22. The molecule has 0 bridgehead atoms. The van der Waals surface area contributed by atoms with Crippen molar-refractivity contribution in [1.29, 1.82) is 0 Å². The molecule has 6 nitrogen and oxygen atoms in total. The highest BCUT2D eigenvalue weighted by Crippen LogP contribution is 2.32. The second-order valence-corrected chi connectivity index (χ2v) is 6.91. The number of rotatable bonds is 7. The van der Waals surface area contributed by atoms with Gasteiger partial charge in [-0.05, 0) is 30.9 Å². The van der Waals surface area contributed by atoms with Gasteiger partial charge in [-0.1, -0.05) is 23.4 Å². The molecule has 1 aliphatic rings. The predicted octanol–water partition coefficient (Wildman–Crippen LogP) is 1.37. The van der Waals surface area contributed by atoms with E-state index in [-0.39, 0.29) is 30.5 Å². The van der Waals surface area contributed by atoms with Crippen molar-refractivity contribution >= 4 is 21.5 Å². The summed E-state index contributed by atoms with van der Waals surface area (Å²) < 4.78 is 26.3. The molecule has 20 heavy (non-hydrogen) atoms. The molecule has 1 fully saturated rings. The first kappa shape index (κ1) is 14.6. The second-order valence-electron chi connectivity index (χ2n) is 4.97. The molecule has 0 saturated heterocycles. The standard InChI is InChI=1S/C13H19N3O3S/c14-13(15-17)8-9-16(12-4-2-1-3-5-12)20(18,19)10-11-6-7-11/h1-5,11,17H,6-10H2,(H2,14,15). The molecule has 0 amide bonds. The van der Waals surface area contributed by atoms with Crippen LogP contribution in [0.2, 0.25) is 0 Å². The molecule has 1 aromatic carbocycles. The van der Waals surface area contributed by atoms with Gasteiger partial charge in [-0.2, -0.15) is 0 Å². The first-order chi connectivity index (χ1) is 9.53. The fourth-order valence-electron chi connectivity index (χ4n) is 1.96. The largest absolute Gasteiger partial charge is 0.409 e. The fraction of sp³-hybridized carbons (Fsp3) is 0.462. The maximum Gasteiger partial charge on any atom is 0.235 e. The summed E-state index contributed by atoms with van der Waals surface area (Å²) in [5.41, 5.74) is 6.04. The Balaban J connectivity index is 2.19. The fourth-order valence-corrected chi connectivity index (χ4v) is 3.88. The maximum atomic E-state index is 12.5. The van der Waals surface area contributed by atoms with Crippen LogP contribution in [0.5, 0.6) is 0 Å². The molecule has 3 N–H and O–H groups in total. The number of sulfonamides is 1. The van der Waals surface area contributed by atoms with Crippen molar-refractivity contribution in [3.8, 4) is 0 Å². The summed E-state index contributed by atoms with van der Waals surface area (Å²) in [5.74, 6) is 0.459. The van der Waals surface area contributed by atoms with Gasteiger partial charge in [-0.3, -0.25) is 4.31 Å². The highest BCUT2D eigenvalue weighted by molar-refractivity contribution is 7.92. The lowest BCUT2D eigenvalue weighted by molar-refractivity contribution is 0.317. The monoisotopic (exact) mass is 297 g/mol. The first-order valence-corrected chi connectivity index (χ1v) is 8.15. The van der Waals surface area contributed by atoms with E-state index in [0.29, 0.717) is 5.69 Å². The van der Waals surface area contributed by atoms with Gasteiger partial charge in [-0.15, -0.1) is 0 Å². The van der Waals surface area contributed by atoms with Gasteiger partial charge in [0, 0.05) is 13.0 Å². The molecule has 0 spiro atoms. The van der Waals surface area contributed by atoms with Crippen LogP contribution in [0.25, 0.3) is 0 Å². The van der Waals surface area contributed by atoms with E-state index < -0.39 is 10.0 Å². The van der Waals surface area contributed by atoms with Gasteiger partial charge in [0.25, 0.3) is 0 Å². The first-order valence-electron chi connectivity index (χ1n) is 6.55. The third kappa shape index (κ3) is 3.86. The maximum absolute atomic E-state index is 12.5. The van der Waals surface area contributed by atoms with Crippen LogP contribution in [-0.2, 0) is 10.0 Å². The van der Waals surface area contributed by atoms with Crippen molar-refractivity contribution in [1.82, 2.24) is 0 Å². The Bertz CT molecular complexity index is 568. The minimum absolute atomic E-state index is 0.0209. The van der Waals surface area contributed by atoms with Crippen molar-refractivity contribution in [2.45, 2.75) is 19.3 Å². The number of amidine groups is 1. The molecule has 0 radical (unpaired) electrons. The van der Waals surface area contributed by atoms with Crippen molar-refractivity contribution in [2.24, 2.45) is 16.8 Å². The SMILES string of the molecule is NC(CCN(c1ccccc1)S(=O)(=O)CC1CC1)=NO. The molecule has 0 aliphatic heterocycles. The van der Waals surface area contributed by atoms with Crippen LogP contribution in [0.1, 0.15) is 19.3 Å². The zero-order chi connectivity index (χ0) is 14.6. The molecule has 1 aromatic rings. The Morgan fingerprint density at radius 1 is 1.35 bits per heavy atom. The number of hydrogen-bond donors (Lipinski definition) is 2. The van der Waals surface area contributed by atoms with E-state index >= 15 is 0 Å². The van der Waals surface area contributed by atoms with Crippen LogP contribution >= 0.6 is 0 Å². The van der Waals surface area contributed by atoms with E-state index in [4.69, 9.17) is 10.9 Å². The van der Waals surface area contributed by atoms with Crippen molar-refractivity contribution < 1.29 is 13.6 Å². The summed E-state index contributed by atoms with van der Waals surface area (Å²) in [6.07, 6.45) is 2.14. The minimum atomic E-state index is -3.37. The quantitative estimate of drug-likeness (QED) is 0.344. The third-order valence-corrected chi connectivity index (χ3v) is 5.18. The van der Waals surface area contributed by atoms with Crippen LogP contribution in [0.4, 0.5) is 5.69 Å². The summed E-state index contributed by atoms with van der Waals surface area (Å²) in [6.45, 7) is 0.176. The molecule has 7 heteroatoms. The summed E-state index contributed by atoms with van der Waals surface area (Å²) in [7, 11) is -3.37. The zero-order valence-corrected chi connectivity index (χ0v) is 12.0. The average molecular weight is 297 g/mol. The molecule has 0 aromatic heterocycles. The van der Waals surface area contributed by atoms with Gasteiger partial charge in [0.15, 0.2) is 0 Å². The molecule has 2 rings (SSSR count). The van der Waals surface area contributed by atoms with Crippen molar-refractivity contribution in [3.05, 3.63) is 30.3 Å². The number of para-hydroxylation sites is 1. The number of nitrogens with two attached hydrogens (primary N) is 1. The van der Waals surface area contributed by atoms with Crippen molar-refractivity contribution in [2.75, 3.05) is 16.6 Å². The number of benzene rings is 1. The minimum Gasteiger partial charge on any atom is -0.409 e. The molecule has 0 heterocycles. The molecular formula is C13H19N3O3S. The Kier molecular flexibility index (Phi) is 4.49. The topological polar surface area (TPSA) is 96.0 Å². The normalized spacial score (nSPS) is 16.1. The number of anilines is 1. The Morgan fingerprint density at radius 3 is 2.55 bits per heavy atom. The lowest BCUT2D eigenvalue weighted by Gasteiger charge is -2.24. The van der Waals surface area contributed by atoms with Gasteiger partial charge in [0.05, 0.1) is 11.4 Å². The molecule has 0 atom stereocenters. The lowest BCUT2D eigenvalue weighted by Crippen LogP contribution is -2.36. The van der Waals surface area contributed by atoms with Gasteiger partial charge >= 0.3 is 0 Å². The molecule has 1 saturated carbocycles. The Morgan fingerprint density at radius 2 is 2.00 bits per heavy atom. The molecule has 110 valence electrons. The highest BCUT2D eigenvalue weighted by Gasteiger charge is 2.32. The van der Waals surface area contributed by atoms with Gasteiger partial charge in [0.1, 0.15) is 5.84 Å². The van der Waals surface area contributed by atoms with Crippen LogP contribution in [0.3, 0.4) is 0 Å². The van der Waals surface area contributed by atoms with Gasteiger partial charge in [-0.25, -0.2) is 8.42 Å². The van der Waals surface area contributed by atoms with Gasteiger partial charge < -0.3 is 10.9 Å². The smallest absolute Gasteiger partial charge is 0.235 e. The van der Waals surface area contributed by atoms with E-state index in [1.807, 2.05) is 6.07 Å². The second kappa shape index (κ2) is 6.13. The van der Waals surface area contributed by atoms with E-state index in [0.717, 1.165) is 12.8 Å². The van der Waals surface area contributed by atoms with Crippen LogP contribution in [0, 0.1) is 5.92 Å². The van der Waals surface area contributed by atoms with Crippen LogP contribution in [-0.4, -0.2) is 31.8 Å². The van der Waals surface area contributed by atoms with Crippen LogP contribution < -0.4 is 10.0 Å². The number of hydrogen-bond acceptors (Lipinski definition) is 4. The summed E-state index contributed by atoms with van der Waals surface area (Å²) >= 11 is 0. The summed E-state index contributed by atoms with van der Waals surface area (Å²) in [4.78, 5) is 0. The molecular weight excluding hydrogens is 278 g/mol. The van der Waals surface area contributed by atoms with E-state index in [2.05, 4.69) is 5.16 Å². The lowest BCUT2D eigenvalue weighted by atomic mass is 10.3. The highest BCUT2D eigenvalue weighted by atomic mass is 32.2. The number of nitrogens with zero attached hydrogens (tertiary/aromatic N) is 2. The van der Waals surface area contributed by atoms with E-state index in [1.54, 1.807) is 24.3 Å². The molecule has 1 aliphatic carbocycles. The predicted molar refractivity (Wildman–Crippen MR) is 78.3 cm³/mol. The number of oxime groups is 1. The molecule has 0 unspecified atom stereocenters. The van der Waals surface area contributed by atoms with E-state index in [1.165, 1.54) is 4.31 Å². The van der Waals surface area contributed by atoms with Crippen molar-refractivity contribution in [3.63, 3.8) is 0 Å². The zero-order valence-electron chi connectivity index (χ0n) is 11.1. The Labute approximate surface area is 118 Å².